The van der Waals surface area contributed by atoms with Crippen LogP contribution in [0.15, 0.2) is 53.7 Å². The number of hydrogen-bond donors (Lipinski definition) is 2. The minimum atomic E-state index is -1.16. The van der Waals surface area contributed by atoms with Crippen LogP contribution in [0.25, 0.3) is 0 Å². The average Bonchev–Trinajstić information content (AvgIpc) is 3.26. The van der Waals surface area contributed by atoms with Gasteiger partial charge < -0.3 is 24.5 Å². The van der Waals surface area contributed by atoms with Crippen molar-refractivity contribution in [2.45, 2.75) is 32.0 Å². The van der Waals surface area contributed by atoms with Crippen molar-refractivity contribution >= 4 is 17.6 Å². The first kappa shape index (κ1) is 19.7. The number of nitrogens with one attached hydrogen (secondary N) is 1. The molecule has 1 aromatic carbocycles. The maximum atomic E-state index is 12.6. The molecule has 7 heteroatoms. The first-order valence-electron chi connectivity index (χ1n) is 9.14. The molecule has 2 unspecified atom stereocenters. The molecule has 0 radical (unpaired) electrons. The molecular formula is C21H24N2O5. The number of para-hydroxylation sites is 1. The fourth-order valence-corrected chi connectivity index (χ4v) is 3.37. The maximum absolute atomic E-state index is 12.6. The summed E-state index contributed by atoms with van der Waals surface area (Å²) in [4.78, 5) is 26.2. The number of furan rings is 1. The summed E-state index contributed by atoms with van der Waals surface area (Å²) < 4.78 is 10.7. The molecule has 28 heavy (non-hydrogen) atoms. The van der Waals surface area contributed by atoms with Crippen molar-refractivity contribution in [1.29, 1.82) is 0 Å². The normalized spacial score (nSPS) is 16.5. The Morgan fingerprint density at radius 2 is 2.21 bits per heavy atom. The number of anilines is 1. The number of fused-ring (bicyclic) bond motifs is 1. The molecule has 1 aliphatic heterocycles. The third-order valence-corrected chi connectivity index (χ3v) is 4.78. The van der Waals surface area contributed by atoms with E-state index in [1.165, 1.54) is 17.9 Å². The largest absolute Gasteiger partial charge is 0.480 e. The highest BCUT2D eigenvalue weighted by molar-refractivity contribution is 5.97. The van der Waals surface area contributed by atoms with Crippen LogP contribution in [0, 0.1) is 0 Å². The lowest BCUT2D eigenvalue weighted by Gasteiger charge is -2.24. The summed E-state index contributed by atoms with van der Waals surface area (Å²) in [6.45, 7) is 6.13. The quantitative estimate of drug-likeness (QED) is 0.510. The van der Waals surface area contributed by atoms with Crippen molar-refractivity contribution in [1.82, 2.24) is 5.32 Å². The summed E-state index contributed by atoms with van der Waals surface area (Å²) in [5, 5.41) is 11.8. The van der Waals surface area contributed by atoms with Gasteiger partial charge in [0.2, 0.25) is 0 Å². The summed E-state index contributed by atoms with van der Waals surface area (Å²) in [7, 11) is 0. The molecule has 2 atom stereocenters. The topological polar surface area (TPSA) is 92.0 Å². The predicted octanol–water partition coefficient (Wildman–Crippen LogP) is 2.62. The minimum Gasteiger partial charge on any atom is -0.480 e. The number of benzene rings is 1. The Kier molecular flexibility index (Phi) is 6.16. The molecule has 7 nitrogen and oxygen atoms in total. The van der Waals surface area contributed by atoms with Gasteiger partial charge in [0.1, 0.15) is 5.76 Å². The molecule has 1 aromatic heterocycles. The van der Waals surface area contributed by atoms with Gasteiger partial charge in [-0.05, 0) is 31.0 Å². The van der Waals surface area contributed by atoms with Gasteiger partial charge in [-0.2, -0.15) is 0 Å². The number of carboxylic acids is 1. The Hall–Kier alpha value is -3.06. The molecule has 2 N–H and O–H groups in total. The number of rotatable bonds is 9. The van der Waals surface area contributed by atoms with E-state index in [1.807, 2.05) is 12.1 Å². The van der Waals surface area contributed by atoms with Gasteiger partial charge in [-0.1, -0.05) is 24.3 Å². The van der Waals surface area contributed by atoms with Gasteiger partial charge >= 0.3 is 5.97 Å². The number of nitrogens with zero attached hydrogens (tertiary/aromatic N) is 1. The fraction of sp³-hybridized carbons (Fsp3) is 0.333. The summed E-state index contributed by atoms with van der Waals surface area (Å²) in [6, 6.07) is 8.84. The van der Waals surface area contributed by atoms with Crippen LogP contribution in [-0.4, -0.2) is 42.3 Å². The van der Waals surface area contributed by atoms with Crippen LogP contribution in [-0.2, 0) is 22.5 Å². The van der Waals surface area contributed by atoms with Crippen molar-refractivity contribution in [2.75, 3.05) is 18.1 Å². The number of aliphatic carboxylic acids is 1. The number of carboxylic acid groups (broad SMARTS) is 1. The molecule has 2 heterocycles. The van der Waals surface area contributed by atoms with Gasteiger partial charge in [0.05, 0.1) is 31.6 Å². The van der Waals surface area contributed by atoms with Crippen LogP contribution in [0.5, 0.6) is 0 Å². The second-order valence-corrected chi connectivity index (χ2v) is 6.76. The molecule has 1 aliphatic rings. The predicted molar refractivity (Wildman–Crippen MR) is 104 cm³/mol. The summed E-state index contributed by atoms with van der Waals surface area (Å²) in [6.07, 6.45) is 3.89. The Bertz CT molecular complexity index is 860. The molecule has 0 spiro atoms. The highest BCUT2D eigenvalue weighted by Gasteiger charge is 2.29. The van der Waals surface area contributed by atoms with Crippen molar-refractivity contribution in [3.63, 3.8) is 0 Å². The molecule has 0 aliphatic carbocycles. The number of carbonyl (C=O) groups is 2. The van der Waals surface area contributed by atoms with Crippen LogP contribution in [0.3, 0.4) is 0 Å². The van der Waals surface area contributed by atoms with Gasteiger partial charge in [-0.3, -0.25) is 4.79 Å². The van der Waals surface area contributed by atoms with Crippen LogP contribution < -0.4 is 10.2 Å². The molecule has 2 aromatic rings. The Labute approximate surface area is 163 Å². The van der Waals surface area contributed by atoms with Gasteiger partial charge in [0, 0.05) is 11.7 Å². The van der Waals surface area contributed by atoms with Gasteiger partial charge in [-0.25, -0.2) is 4.79 Å². The van der Waals surface area contributed by atoms with Crippen LogP contribution in [0.2, 0.25) is 0 Å². The standard InChI is InChI=1S/C21H24N2O5/c1-3-9-27-13-17(21(25)26)22-20(24)16-8-10-28-19(16)12-23-14(2)11-15-6-4-5-7-18(15)23/h3-8,10,14,17H,1,9,11-13H2,2H3,(H,22,24)(H,25,26). The molecule has 1 amide bonds. The molecule has 0 bridgehead atoms. The molecule has 148 valence electrons. The van der Waals surface area contributed by atoms with Gasteiger partial charge in [0.15, 0.2) is 6.04 Å². The lowest BCUT2D eigenvalue weighted by Crippen LogP contribution is -2.44. The van der Waals surface area contributed by atoms with E-state index < -0.39 is 17.9 Å². The van der Waals surface area contributed by atoms with E-state index in [9.17, 15) is 14.7 Å². The van der Waals surface area contributed by atoms with E-state index in [-0.39, 0.29) is 19.3 Å². The number of carbonyl (C=O) groups excluding carboxylic acids is 1. The lowest BCUT2D eigenvalue weighted by molar-refractivity contribution is -0.140. The first-order chi connectivity index (χ1) is 13.5. The maximum Gasteiger partial charge on any atom is 0.328 e. The second-order valence-electron chi connectivity index (χ2n) is 6.76. The van der Waals surface area contributed by atoms with E-state index in [0.29, 0.717) is 17.9 Å². The van der Waals surface area contributed by atoms with Crippen LogP contribution >= 0.6 is 0 Å². The molecular weight excluding hydrogens is 360 g/mol. The van der Waals surface area contributed by atoms with Gasteiger partial charge in [-0.15, -0.1) is 6.58 Å². The molecule has 3 rings (SSSR count). The zero-order valence-corrected chi connectivity index (χ0v) is 15.8. The highest BCUT2D eigenvalue weighted by atomic mass is 16.5. The zero-order valence-electron chi connectivity index (χ0n) is 15.8. The Balaban J connectivity index is 1.72. The van der Waals surface area contributed by atoms with E-state index in [0.717, 1.165) is 12.1 Å². The molecule has 0 fully saturated rings. The average molecular weight is 384 g/mol. The summed E-state index contributed by atoms with van der Waals surface area (Å²) in [5.41, 5.74) is 2.71. The zero-order chi connectivity index (χ0) is 20.1. The fourth-order valence-electron chi connectivity index (χ4n) is 3.37. The van der Waals surface area contributed by atoms with E-state index in [1.54, 1.807) is 6.07 Å². The summed E-state index contributed by atoms with van der Waals surface area (Å²) >= 11 is 0. The van der Waals surface area contributed by atoms with Crippen molar-refractivity contribution in [3.05, 3.63) is 66.1 Å². The second kappa shape index (κ2) is 8.75. The van der Waals surface area contributed by atoms with E-state index >= 15 is 0 Å². The number of amides is 1. The van der Waals surface area contributed by atoms with Crippen molar-refractivity contribution in [2.24, 2.45) is 0 Å². The minimum absolute atomic E-state index is 0.142. The van der Waals surface area contributed by atoms with Crippen molar-refractivity contribution in [3.8, 4) is 0 Å². The Morgan fingerprint density at radius 3 is 2.96 bits per heavy atom. The highest BCUT2D eigenvalue weighted by Crippen LogP contribution is 2.33. The monoisotopic (exact) mass is 384 g/mol. The SMILES string of the molecule is C=CCOCC(NC(=O)c1ccoc1CN1c2ccccc2CC1C)C(=O)O. The third-order valence-electron chi connectivity index (χ3n) is 4.78. The Morgan fingerprint density at radius 1 is 1.43 bits per heavy atom. The third kappa shape index (κ3) is 4.26. The lowest BCUT2D eigenvalue weighted by atomic mass is 10.1. The van der Waals surface area contributed by atoms with Crippen LogP contribution in [0.4, 0.5) is 5.69 Å². The molecule has 0 saturated carbocycles. The van der Waals surface area contributed by atoms with E-state index in [4.69, 9.17) is 9.15 Å². The van der Waals surface area contributed by atoms with E-state index in [2.05, 4.69) is 35.9 Å². The smallest absolute Gasteiger partial charge is 0.328 e. The molecule has 0 saturated heterocycles. The van der Waals surface area contributed by atoms with Gasteiger partial charge in [0.25, 0.3) is 5.91 Å². The van der Waals surface area contributed by atoms with Crippen molar-refractivity contribution < 1.29 is 23.8 Å². The summed E-state index contributed by atoms with van der Waals surface area (Å²) in [5.74, 6) is -1.17. The number of hydrogen-bond acceptors (Lipinski definition) is 5. The van der Waals surface area contributed by atoms with Crippen LogP contribution in [0.1, 0.15) is 28.6 Å². The number of ether oxygens (including phenoxy) is 1. The first-order valence-corrected chi connectivity index (χ1v) is 9.14.